The quantitative estimate of drug-likeness (QED) is 0.357. The zero-order valence-corrected chi connectivity index (χ0v) is 27.9. The molecule has 0 aromatic heterocycles. The van der Waals surface area contributed by atoms with Crippen molar-refractivity contribution in [3.05, 3.63) is 41.5 Å². The lowest BCUT2D eigenvalue weighted by Crippen LogP contribution is -2.65. The van der Waals surface area contributed by atoms with Crippen molar-refractivity contribution in [2.24, 2.45) is 56.7 Å². The predicted octanol–water partition coefficient (Wildman–Crippen LogP) is 9.22. The molecule has 1 N–H and O–H groups in total. The van der Waals surface area contributed by atoms with Gasteiger partial charge in [-0.15, -0.1) is 0 Å². The van der Waals surface area contributed by atoms with Gasteiger partial charge in [0.15, 0.2) is 0 Å². The van der Waals surface area contributed by atoms with E-state index in [0.29, 0.717) is 41.8 Å². The zero-order chi connectivity index (χ0) is 30.3. The molecule has 0 aliphatic heterocycles. The van der Waals surface area contributed by atoms with Gasteiger partial charge in [0.05, 0.1) is 13.2 Å². The van der Waals surface area contributed by atoms with Crippen LogP contribution in [-0.2, 0) is 11.2 Å². The first-order chi connectivity index (χ1) is 19.7. The van der Waals surface area contributed by atoms with Crippen molar-refractivity contribution < 1.29 is 14.6 Å². The summed E-state index contributed by atoms with van der Waals surface area (Å²) in [6, 6.07) is 8.28. The lowest BCUT2D eigenvalue weighted by atomic mass is 9.33. The number of Topliss-reactive ketones (excluding diaryl/α,β-unsaturated/α-hetero) is 1. The number of rotatable bonds is 5. The van der Waals surface area contributed by atoms with E-state index in [9.17, 15) is 9.90 Å². The van der Waals surface area contributed by atoms with Gasteiger partial charge in [0.25, 0.3) is 0 Å². The molecule has 3 heteroatoms. The van der Waals surface area contributed by atoms with Crippen LogP contribution < -0.4 is 4.74 Å². The molecule has 0 saturated heterocycles. The summed E-state index contributed by atoms with van der Waals surface area (Å²) in [5, 5.41) is 11.0. The standard InChI is InChI=1S/C39H58O3/c1-25-17-22-39(33(41)16-11-27-9-12-28(42-8)13-10-27)24-23-37(6)29(34(39)26(25)2)14-15-31-36(5)20-19-32(40)35(3,4)30(36)18-21-38(31,37)7/h9-10,12-14,25-26,30-32,34,40H,11,15-24H2,1-8H3/t25-,26+,30+,31-,32+,34+,36+,37-,38-,39-/m1/s1. The Labute approximate surface area is 256 Å². The van der Waals surface area contributed by atoms with Gasteiger partial charge >= 0.3 is 0 Å². The fraction of sp³-hybridized carbons (Fsp3) is 0.769. The average Bonchev–Trinajstić information content (AvgIpc) is 2.96. The van der Waals surface area contributed by atoms with E-state index in [2.05, 4.69) is 66.7 Å². The van der Waals surface area contributed by atoms with Crippen molar-refractivity contribution in [3.8, 4) is 5.75 Å². The minimum absolute atomic E-state index is 0.0232. The summed E-state index contributed by atoms with van der Waals surface area (Å²) < 4.78 is 5.35. The number of hydrogen-bond acceptors (Lipinski definition) is 3. The number of fused-ring (bicyclic) bond motifs is 7. The number of aryl methyl sites for hydroxylation is 1. The van der Waals surface area contributed by atoms with Crippen molar-refractivity contribution in [1.82, 2.24) is 0 Å². The molecule has 0 spiro atoms. The lowest BCUT2D eigenvalue weighted by Gasteiger charge is -2.71. The highest BCUT2D eigenvalue weighted by Crippen LogP contribution is 2.75. The molecule has 6 rings (SSSR count). The van der Waals surface area contributed by atoms with Crippen LogP contribution in [0, 0.1) is 56.7 Å². The first-order valence-corrected chi connectivity index (χ1v) is 17.3. The molecule has 1 aromatic carbocycles. The molecule has 0 radical (unpaired) electrons. The molecule has 0 unspecified atom stereocenters. The van der Waals surface area contributed by atoms with Crippen LogP contribution in [0.25, 0.3) is 0 Å². The van der Waals surface area contributed by atoms with Gasteiger partial charge in [-0.1, -0.05) is 72.2 Å². The Hall–Kier alpha value is -1.61. The largest absolute Gasteiger partial charge is 0.497 e. The van der Waals surface area contributed by atoms with Gasteiger partial charge in [-0.2, -0.15) is 0 Å². The highest BCUT2D eigenvalue weighted by molar-refractivity contribution is 5.86. The Morgan fingerprint density at radius 1 is 0.905 bits per heavy atom. The number of aliphatic hydroxyl groups excluding tert-OH is 1. The van der Waals surface area contributed by atoms with Gasteiger partial charge in [0, 0.05) is 11.8 Å². The Kier molecular flexibility index (Phi) is 7.40. The van der Waals surface area contributed by atoms with E-state index in [-0.39, 0.29) is 33.2 Å². The number of carbonyl (C=O) groups is 1. The van der Waals surface area contributed by atoms with Crippen LogP contribution >= 0.6 is 0 Å². The van der Waals surface area contributed by atoms with E-state index in [1.807, 2.05) is 12.1 Å². The fourth-order valence-electron chi connectivity index (χ4n) is 12.3. The van der Waals surface area contributed by atoms with Gasteiger partial charge in [0.1, 0.15) is 11.5 Å². The Bertz CT molecular complexity index is 1230. The molecule has 42 heavy (non-hydrogen) atoms. The number of allylic oxidation sites excluding steroid dienone is 2. The third kappa shape index (κ3) is 4.10. The minimum Gasteiger partial charge on any atom is -0.497 e. The molecule has 0 amide bonds. The molecule has 4 fully saturated rings. The van der Waals surface area contributed by atoms with E-state index in [0.717, 1.165) is 50.7 Å². The number of benzene rings is 1. The Morgan fingerprint density at radius 2 is 1.62 bits per heavy atom. The van der Waals surface area contributed by atoms with Gasteiger partial charge < -0.3 is 9.84 Å². The van der Waals surface area contributed by atoms with Crippen molar-refractivity contribution >= 4 is 5.78 Å². The average molecular weight is 575 g/mol. The second-order valence-corrected chi connectivity index (χ2v) is 17.0. The van der Waals surface area contributed by atoms with Crippen LogP contribution in [0.5, 0.6) is 5.75 Å². The molecular formula is C39H58O3. The van der Waals surface area contributed by atoms with Gasteiger partial charge in [-0.05, 0) is 133 Å². The zero-order valence-electron chi connectivity index (χ0n) is 27.9. The SMILES string of the molecule is COc1ccc(CCC(=O)[C@]23CC[C@@H](C)[C@H](C)[C@H]2C2=CC[C@@H]4[C@@]5(C)CC[C@H](O)C(C)(C)[C@@H]5CC[C@@]4(C)[C@]2(C)CC3)cc1. The maximum absolute atomic E-state index is 14.5. The smallest absolute Gasteiger partial charge is 0.139 e. The number of carbonyl (C=O) groups excluding carboxylic acids is 1. The van der Waals surface area contributed by atoms with Crippen LogP contribution in [0.1, 0.15) is 118 Å². The lowest BCUT2D eigenvalue weighted by molar-refractivity contribution is -0.204. The van der Waals surface area contributed by atoms with E-state index in [4.69, 9.17) is 4.74 Å². The van der Waals surface area contributed by atoms with Gasteiger partial charge in [0.2, 0.25) is 0 Å². The third-order valence-electron chi connectivity index (χ3n) is 15.3. The highest BCUT2D eigenvalue weighted by Gasteiger charge is 2.69. The fourth-order valence-corrected chi connectivity index (χ4v) is 12.3. The summed E-state index contributed by atoms with van der Waals surface area (Å²) in [7, 11) is 1.70. The summed E-state index contributed by atoms with van der Waals surface area (Å²) >= 11 is 0. The molecule has 232 valence electrons. The van der Waals surface area contributed by atoms with Crippen LogP contribution in [0.2, 0.25) is 0 Å². The van der Waals surface area contributed by atoms with Crippen LogP contribution in [0.15, 0.2) is 35.9 Å². The minimum atomic E-state index is -0.203. The Morgan fingerprint density at radius 3 is 2.31 bits per heavy atom. The molecule has 4 saturated carbocycles. The van der Waals surface area contributed by atoms with E-state index in [1.165, 1.54) is 24.8 Å². The second kappa shape index (κ2) is 10.2. The second-order valence-electron chi connectivity index (χ2n) is 17.0. The summed E-state index contributed by atoms with van der Waals surface area (Å²) in [6.45, 7) is 17.5. The van der Waals surface area contributed by atoms with Crippen LogP contribution in [-0.4, -0.2) is 24.1 Å². The summed E-state index contributed by atoms with van der Waals surface area (Å²) in [4.78, 5) is 14.5. The number of hydrogen-bond donors (Lipinski definition) is 1. The van der Waals surface area contributed by atoms with E-state index < -0.39 is 0 Å². The summed E-state index contributed by atoms with van der Waals surface area (Å²) in [6.07, 6.45) is 14.1. The maximum Gasteiger partial charge on any atom is 0.139 e. The van der Waals surface area contributed by atoms with E-state index in [1.54, 1.807) is 12.7 Å². The molecule has 0 bridgehead atoms. The molecule has 10 atom stereocenters. The number of aliphatic hydroxyl groups is 1. The summed E-state index contributed by atoms with van der Waals surface area (Å²) in [5.41, 5.74) is 3.30. The summed E-state index contributed by atoms with van der Waals surface area (Å²) in [5.74, 6) is 4.16. The molecule has 0 heterocycles. The van der Waals surface area contributed by atoms with Crippen molar-refractivity contribution in [2.75, 3.05) is 7.11 Å². The predicted molar refractivity (Wildman–Crippen MR) is 171 cm³/mol. The Balaban J connectivity index is 1.34. The first-order valence-electron chi connectivity index (χ1n) is 17.3. The molecule has 5 aliphatic carbocycles. The monoisotopic (exact) mass is 574 g/mol. The van der Waals surface area contributed by atoms with Crippen LogP contribution in [0.4, 0.5) is 0 Å². The molecule has 1 aromatic rings. The van der Waals surface area contributed by atoms with Gasteiger partial charge in [-0.25, -0.2) is 0 Å². The highest BCUT2D eigenvalue weighted by atomic mass is 16.5. The van der Waals surface area contributed by atoms with E-state index >= 15 is 0 Å². The maximum atomic E-state index is 14.5. The molecule has 3 nitrogen and oxygen atoms in total. The third-order valence-corrected chi connectivity index (χ3v) is 15.3. The first kappa shape index (κ1) is 30.4. The topological polar surface area (TPSA) is 46.5 Å². The van der Waals surface area contributed by atoms with Crippen LogP contribution in [0.3, 0.4) is 0 Å². The number of ketones is 1. The van der Waals surface area contributed by atoms with Crippen molar-refractivity contribution in [3.63, 3.8) is 0 Å². The number of methoxy groups -OCH3 is 1. The number of ether oxygens (including phenoxy) is 1. The molecule has 5 aliphatic rings. The molecular weight excluding hydrogens is 516 g/mol. The van der Waals surface area contributed by atoms with Crippen molar-refractivity contribution in [2.45, 2.75) is 125 Å². The van der Waals surface area contributed by atoms with Gasteiger partial charge in [-0.3, -0.25) is 4.79 Å². The normalized spacial score (nSPS) is 45.9. The van der Waals surface area contributed by atoms with Crippen molar-refractivity contribution in [1.29, 1.82) is 0 Å².